The zero-order valence-corrected chi connectivity index (χ0v) is 36.8. The van der Waals surface area contributed by atoms with E-state index in [0.29, 0.717) is 32.0 Å². The van der Waals surface area contributed by atoms with Crippen LogP contribution in [-0.4, -0.2) is 66.4 Å². The topological polar surface area (TPSA) is 194 Å². The molecule has 9 aromatic rings. The summed E-state index contributed by atoms with van der Waals surface area (Å²) in [5.41, 5.74) is 9.56. The zero-order valence-electron chi connectivity index (χ0n) is 32.0. The Morgan fingerprint density at radius 2 is 1.07 bits per heavy atom. The van der Waals surface area contributed by atoms with Gasteiger partial charge in [-0.05, 0) is 111 Å². The highest BCUT2D eigenvalue weighted by molar-refractivity contribution is 9.11. The molecule has 302 valence electrons. The number of carbonyl (C=O) groups is 2. The number of carbonyl (C=O) groups excluding carboxylic acids is 1. The number of rotatable bonds is 5. The Morgan fingerprint density at radius 3 is 1.52 bits per heavy atom. The molecule has 0 aliphatic heterocycles. The molecule has 0 aliphatic carbocycles. The number of hydrogen-bond donors (Lipinski definition) is 3. The molecule has 18 heteroatoms. The first-order valence-electron chi connectivity index (χ1n) is 18.0. The third-order valence-corrected chi connectivity index (χ3v) is 10.6. The van der Waals surface area contributed by atoms with E-state index in [1.807, 2.05) is 97.2 Å². The van der Waals surface area contributed by atoms with Gasteiger partial charge in [-0.15, -0.1) is 0 Å². The molecule has 0 saturated heterocycles. The van der Waals surface area contributed by atoms with E-state index >= 15 is 0 Å². The largest absolute Gasteiger partial charge is 0.478 e. The predicted molar refractivity (Wildman–Crippen MR) is 241 cm³/mol. The van der Waals surface area contributed by atoms with Gasteiger partial charge in [0.05, 0.1) is 65.5 Å². The Labute approximate surface area is 367 Å². The van der Waals surface area contributed by atoms with E-state index in [2.05, 4.69) is 83.0 Å². The summed E-state index contributed by atoms with van der Waals surface area (Å²) in [4.78, 5) is 48.5. The maximum atomic E-state index is 12.0. The van der Waals surface area contributed by atoms with Crippen LogP contribution in [0.5, 0.6) is 0 Å². The van der Waals surface area contributed by atoms with Crippen molar-refractivity contribution in [2.45, 2.75) is 26.4 Å². The van der Waals surface area contributed by atoms with Crippen molar-refractivity contribution < 1.29 is 19.4 Å². The number of hydrogen-bond acceptors (Lipinski definition) is 10. The Morgan fingerprint density at radius 1 is 0.633 bits per heavy atom. The Kier molecular flexibility index (Phi) is 12.3. The second-order valence-electron chi connectivity index (χ2n) is 13.9. The second-order valence-corrected chi connectivity index (χ2v) is 16.5. The average molecular weight is 997 g/mol. The number of fused-ring (bicyclic) bond motifs is 3. The Bertz CT molecular complexity index is 3010. The summed E-state index contributed by atoms with van der Waals surface area (Å²) in [6.45, 7) is 5.45. The minimum atomic E-state index is -0.995. The van der Waals surface area contributed by atoms with Gasteiger partial charge in [0.1, 0.15) is 23.1 Å². The molecule has 15 nitrogen and oxygen atoms in total. The number of nitrogen functional groups attached to an aromatic ring is 1. The number of anilines is 2. The lowest BCUT2D eigenvalue weighted by Crippen LogP contribution is -2.27. The van der Waals surface area contributed by atoms with E-state index in [9.17, 15) is 9.59 Å². The molecule has 9 rings (SSSR count). The SMILES string of the molecule is CC(C)(C)OC(=O)Nc1cc(-n2ccc3ccncc32)ncc1Br.Nc1cc(-n2ccc3ccncc32)ncc1Br.O=C(O)c1cc(-n2ccc3ccncc32)ncc1Br. The first kappa shape index (κ1) is 41.7. The summed E-state index contributed by atoms with van der Waals surface area (Å²) in [6.07, 6.45) is 20.6. The summed E-state index contributed by atoms with van der Waals surface area (Å²) in [6, 6.07) is 16.9. The molecule has 9 heterocycles. The molecule has 0 radical (unpaired) electrons. The number of nitrogens with one attached hydrogen (secondary N) is 1. The molecule has 0 fully saturated rings. The molecule has 9 aromatic heterocycles. The van der Waals surface area contributed by atoms with Gasteiger partial charge in [0, 0.05) is 84.1 Å². The van der Waals surface area contributed by atoms with Crippen LogP contribution in [0, 0.1) is 0 Å². The molecule has 0 unspecified atom stereocenters. The number of halogens is 3. The number of aromatic carboxylic acids is 1. The average Bonchev–Trinajstić information content (AvgIpc) is 3.97. The second kappa shape index (κ2) is 17.8. The fraction of sp³-hybridized carbons (Fsp3) is 0.0952. The Balaban J connectivity index is 0.000000138. The van der Waals surface area contributed by atoms with E-state index in [1.165, 1.54) is 12.3 Å². The first-order valence-corrected chi connectivity index (χ1v) is 20.3. The summed E-state index contributed by atoms with van der Waals surface area (Å²) in [5.74, 6) is 1.01. The van der Waals surface area contributed by atoms with E-state index in [-0.39, 0.29) is 5.56 Å². The van der Waals surface area contributed by atoms with Gasteiger partial charge >= 0.3 is 12.1 Å². The fourth-order valence-electron chi connectivity index (χ4n) is 5.89. The molecule has 1 amide bonds. The fourth-order valence-corrected chi connectivity index (χ4v) is 6.81. The standard InChI is InChI=1S/C17H17BrN4O2.C13H8BrN3O2.C12H9BrN4/c1-17(2,3)24-16(23)21-13-8-15(20-9-12(13)18)22-7-5-11-4-6-19-10-14(11)22;14-10-6-16-12(5-9(10)13(18)19)17-4-2-8-1-3-15-7-11(8)17;13-9-6-16-12(5-10(9)14)17-4-2-8-1-3-15-7-11(8)17/h4-10H,1-3H3,(H,20,21,23);1-7H,(H,18,19);1-7H,(H2,14,16). The van der Waals surface area contributed by atoms with Crippen LogP contribution < -0.4 is 11.1 Å². The predicted octanol–water partition coefficient (Wildman–Crippen LogP) is 10.2. The van der Waals surface area contributed by atoms with Crippen LogP contribution in [0.4, 0.5) is 16.2 Å². The lowest BCUT2D eigenvalue weighted by molar-refractivity contribution is 0.0634. The molecule has 60 heavy (non-hydrogen) atoms. The zero-order chi connectivity index (χ0) is 42.6. The number of nitrogens with zero attached hydrogens (tertiary/aromatic N) is 9. The Hall–Kier alpha value is -6.50. The van der Waals surface area contributed by atoms with E-state index < -0.39 is 17.7 Å². The number of carboxylic acids is 1. The van der Waals surface area contributed by atoms with Crippen molar-refractivity contribution in [3.05, 3.63) is 148 Å². The van der Waals surface area contributed by atoms with Crippen molar-refractivity contribution in [3.63, 3.8) is 0 Å². The van der Waals surface area contributed by atoms with Crippen molar-refractivity contribution in [2.75, 3.05) is 11.1 Å². The van der Waals surface area contributed by atoms with Gasteiger partial charge in [0.15, 0.2) is 0 Å². The molecule has 0 aromatic carbocycles. The third kappa shape index (κ3) is 9.51. The van der Waals surface area contributed by atoms with Gasteiger partial charge in [-0.1, -0.05) is 0 Å². The number of nitrogens with two attached hydrogens (primary N) is 1. The summed E-state index contributed by atoms with van der Waals surface area (Å²) < 4.78 is 12.9. The lowest BCUT2D eigenvalue weighted by atomic mass is 10.2. The van der Waals surface area contributed by atoms with Gasteiger partial charge in [0.2, 0.25) is 0 Å². The lowest BCUT2D eigenvalue weighted by Gasteiger charge is -2.20. The van der Waals surface area contributed by atoms with E-state index in [0.717, 1.165) is 43.0 Å². The quantitative estimate of drug-likeness (QED) is 0.149. The van der Waals surface area contributed by atoms with Crippen molar-refractivity contribution in [1.29, 1.82) is 0 Å². The van der Waals surface area contributed by atoms with Crippen molar-refractivity contribution in [2.24, 2.45) is 0 Å². The monoisotopic (exact) mass is 993 g/mol. The number of aromatic nitrogens is 9. The highest BCUT2D eigenvalue weighted by Gasteiger charge is 2.18. The van der Waals surface area contributed by atoms with Crippen LogP contribution in [0.3, 0.4) is 0 Å². The maximum absolute atomic E-state index is 12.0. The van der Waals surface area contributed by atoms with E-state index in [4.69, 9.17) is 15.6 Å². The highest BCUT2D eigenvalue weighted by Crippen LogP contribution is 2.28. The van der Waals surface area contributed by atoms with Crippen molar-refractivity contribution >= 4 is 104 Å². The van der Waals surface area contributed by atoms with Crippen LogP contribution in [0.1, 0.15) is 31.1 Å². The van der Waals surface area contributed by atoms with Crippen LogP contribution >= 0.6 is 47.8 Å². The van der Waals surface area contributed by atoms with Crippen LogP contribution in [0.2, 0.25) is 0 Å². The van der Waals surface area contributed by atoms with Crippen molar-refractivity contribution in [3.8, 4) is 17.5 Å². The van der Waals surface area contributed by atoms with Crippen LogP contribution in [-0.2, 0) is 4.74 Å². The number of amides is 1. The molecule has 0 saturated carbocycles. The van der Waals surface area contributed by atoms with Crippen molar-refractivity contribution in [1.82, 2.24) is 43.6 Å². The smallest absolute Gasteiger partial charge is 0.412 e. The van der Waals surface area contributed by atoms with Gasteiger partial charge in [0.25, 0.3) is 0 Å². The minimum Gasteiger partial charge on any atom is -0.478 e. The molecule has 0 atom stereocenters. The number of carboxylic acid groups (broad SMARTS) is 1. The summed E-state index contributed by atoms with van der Waals surface area (Å²) in [7, 11) is 0. The van der Waals surface area contributed by atoms with Gasteiger partial charge in [-0.25, -0.2) is 24.5 Å². The normalized spacial score (nSPS) is 11.1. The molecule has 0 bridgehead atoms. The molecule has 4 N–H and O–H groups in total. The molecule has 0 aliphatic rings. The van der Waals surface area contributed by atoms with Gasteiger partial charge < -0.3 is 15.6 Å². The summed E-state index contributed by atoms with van der Waals surface area (Å²) in [5, 5.41) is 15.1. The minimum absolute atomic E-state index is 0.177. The third-order valence-electron chi connectivity index (χ3n) is 8.65. The number of ether oxygens (including phenoxy) is 1. The van der Waals surface area contributed by atoms with Gasteiger partial charge in [-0.2, -0.15) is 0 Å². The first-order chi connectivity index (χ1) is 28.8. The molecule has 0 spiro atoms. The molecular weight excluding hydrogens is 962 g/mol. The highest BCUT2D eigenvalue weighted by atomic mass is 79.9. The van der Waals surface area contributed by atoms with Crippen LogP contribution in [0.15, 0.2) is 142 Å². The maximum Gasteiger partial charge on any atom is 0.412 e. The van der Waals surface area contributed by atoms with Crippen LogP contribution in [0.25, 0.3) is 50.2 Å². The van der Waals surface area contributed by atoms with E-state index in [1.54, 1.807) is 54.0 Å². The summed E-state index contributed by atoms with van der Waals surface area (Å²) >= 11 is 9.91. The molecular formula is C42H34Br3N11O4. The van der Waals surface area contributed by atoms with Gasteiger partial charge in [-0.3, -0.25) is 34.0 Å². The number of pyridine rings is 6.